The van der Waals surface area contributed by atoms with Gasteiger partial charge < -0.3 is 21.1 Å². The number of nitrogens with one attached hydrogen (secondary N) is 3. The van der Waals surface area contributed by atoms with Gasteiger partial charge in [0.2, 0.25) is 5.91 Å². The molecule has 108 valence electrons. The fourth-order valence-corrected chi connectivity index (χ4v) is 1.60. The van der Waals surface area contributed by atoms with Crippen molar-refractivity contribution in [2.75, 3.05) is 12.4 Å². The van der Waals surface area contributed by atoms with Crippen molar-refractivity contribution in [3.8, 4) is 0 Å². The van der Waals surface area contributed by atoms with Crippen molar-refractivity contribution in [2.24, 2.45) is 0 Å². The molecule has 0 aromatic heterocycles. The summed E-state index contributed by atoms with van der Waals surface area (Å²) >= 11 is 0. The molecule has 0 saturated carbocycles. The van der Waals surface area contributed by atoms with Gasteiger partial charge in [-0.3, -0.25) is 9.59 Å². The lowest BCUT2D eigenvalue weighted by molar-refractivity contribution is -0.136. The standard InChI is InChI=1S/C13H17N3O4/c1-8(12(19)14-2)15-13(20)16-10-6-4-3-5-9(10)7-11(17)18/h3-6,8H,7H2,1-2H3,(H,14,19)(H,17,18)(H2,15,16,20). The van der Waals surface area contributed by atoms with Crippen LogP contribution >= 0.6 is 0 Å². The molecule has 0 bridgehead atoms. The topological polar surface area (TPSA) is 108 Å². The zero-order valence-electron chi connectivity index (χ0n) is 11.3. The first kappa shape index (κ1) is 15.5. The van der Waals surface area contributed by atoms with E-state index in [1.807, 2.05) is 0 Å². The van der Waals surface area contributed by atoms with Gasteiger partial charge in [0.15, 0.2) is 0 Å². The second kappa shape index (κ2) is 7.13. The van der Waals surface area contributed by atoms with Gasteiger partial charge in [-0.1, -0.05) is 18.2 Å². The van der Waals surface area contributed by atoms with Crippen molar-refractivity contribution in [1.29, 1.82) is 0 Å². The molecule has 0 aliphatic heterocycles. The van der Waals surface area contributed by atoms with E-state index in [2.05, 4.69) is 16.0 Å². The lowest BCUT2D eigenvalue weighted by atomic mass is 10.1. The van der Waals surface area contributed by atoms with Gasteiger partial charge in [0.1, 0.15) is 6.04 Å². The molecule has 1 rings (SSSR count). The predicted molar refractivity (Wildman–Crippen MR) is 73.5 cm³/mol. The van der Waals surface area contributed by atoms with Crippen LogP contribution in [0.4, 0.5) is 10.5 Å². The summed E-state index contributed by atoms with van der Waals surface area (Å²) in [4.78, 5) is 33.7. The Morgan fingerprint density at radius 1 is 1.25 bits per heavy atom. The maximum absolute atomic E-state index is 11.7. The maximum atomic E-state index is 11.7. The van der Waals surface area contributed by atoms with Gasteiger partial charge >= 0.3 is 12.0 Å². The van der Waals surface area contributed by atoms with E-state index in [0.717, 1.165) is 0 Å². The van der Waals surface area contributed by atoms with Gasteiger partial charge in [-0.2, -0.15) is 0 Å². The SMILES string of the molecule is CNC(=O)C(C)NC(=O)Nc1ccccc1CC(=O)O. The molecular formula is C13H17N3O4. The summed E-state index contributed by atoms with van der Waals surface area (Å²) in [7, 11) is 1.47. The zero-order valence-corrected chi connectivity index (χ0v) is 11.3. The fourth-order valence-electron chi connectivity index (χ4n) is 1.60. The number of hydrogen-bond donors (Lipinski definition) is 4. The van der Waals surface area contributed by atoms with Gasteiger partial charge in [-0.15, -0.1) is 0 Å². The highest BCUT2D eigenvalue weighted by Crippen LogP contribution is 2.15. The Morgan fingerprint density at radius 3 is 2.50 bits per heavy atom. The Morgan fingerprint density at radius 2 is 1.90 bits per heavy atom. The van der Waals surface area contributed by atoms with Crippen molar-refractivity contribution in [3.05, 3.63) is 29.8 Å². The van der Waals surface area contributed by atoms with E-state index in [9.17, 15) is 14.4 Å². The minimum Gasteiger partial charge on any atom is -0.481 e. The third-order valence-corrected chi connectivity index (χ3v) is 2.59. The molecule has 0 spiro atoms. The highest BCUT2D eigenvalue weighted by Gasteiger charge is 2.15. The number of likely N-dealkylation sites (N-methyl/N-ethyl adjacent to an activating group) is 1. The minimum atomic E-state index is -0.988. The number of para-hydroxylation sites is 1. The zero-order chi connectivity index (χ0) is 15.1. The summed E-state index contributed by atoms with van der Waals surface area (Å²) in [6.45, 7) is 1.54. The number of benzene rings is 1. The Hall–Kier alpha value is -2.57. The van der Waals surface area contributed by atoms with Crippen molar-refractivity contribution in [1.82, 2.24) is 10.6 Å². The highest BCUT2D eigenvalue weighted by molar-refractivity contribution is 5.94. The number of hydrogen-bond acceptors (Lipinski definition) is 3. The summed E-state index contributed by atoms with van der Waals surface area (Å²) in [6, 6.07) is 5.33. The molecular weight excluding hydrogens is 262 g/mol. The van der Waals surface area contributed by atoms with E-state index in [0.29, 0.717) is 11.3 Å². The van der Waals surface area contributed by atoms with E-state index in [1.54, 1.807) is 31.2 Å². The molecule has 1 atom stereocenters. The molecule has 1 aromatic rings. The average molecular weight is 279 g/mol. The van der Waals surface area contributed by atoms with Crippen LogP contribution in [0.2, 0.25) is 0 Å². The summed E-state index contributed by atoms with van der Waals surface area (Å²) in [5.74, 6) is -1.31. The molecule has 7 heteroatoms. The third kappa shape index (κ3) is 4.60. The quantitative estimate of drug-likeness (QED) is 0.632. The number of carboxylic acid groups (broad SMARTS) is 1. The van der Waals surface area contributed by atoms with Crippen molar-refractivity contribution in [2.45, 2.75) is 19.4 Å². The van der Waals surface area contributed by atoms with Crippen molar-refractivity contribution in [3.63, 3.8) is 0 Å². The molecule has 3 amide bonds. The number of carboxylic acids is 1. The molecule has 1 aromatic carbocycles. The van der Waals surface area contributed by atoms with Crippen LogP contribution in [-0.2, 0) is 16.0 Å². The number of carbonyl (C=O) groups excluding carboxylic acids is 2. The van der Waals surface area contributed by atoms with Gasteiger partial charge in [-0.25, -0.2) is 4.79 Å². The molecule has 4 N–H and O–H groups in total. The largest absolute Gasteiger partial charge is 0.481 e. The van der Waals surface area contributed by atoms with Gasteiger partial charge in [-0.05, 0) is 18.6 Å². The Kier molecular flexibility index (Phi) is 5.52. The Bertz CT molecular complexity index is 516. The first-order valence-corrected chi connectivity index (χ1v) is 6.03. The van der Waals surface area contributed by atoms with Gasteiger partial charge in [0, 0.05) is 12.7 Å². The van der Waals surface area contributed by atoms with Crippen molar-refractivity contribution < 1.29 is 19.5 Å². The van der Waals surface area contributed by atoms with Crippen LogP contribution in [0.5, 0.6) is 0 Å². The number of urea groups is 1. The van der Waals surface area contributed by atoms with Crippen LogP contribution in [0.25, 0.3) is 0 Å². The van der Waals surface area contributed by atoms with E-state index in [1.165, 1.54) is 7.05 Å². The van der Waals surface area contributed by atoms with Crippen LogP contribution in [-0.4, -0.2) is 36.1 Å². The molecule has 1 unspecified atom stereocenters. The summed E-state index contributed by atoms with van der Waals surface area (Å²) in [5.41, 5.74) is 0.888. The normalized spacial score (nSPS) is 11.3. The molecule has 7 nitrogen and oxygen atoms in total. The molecule has 0 saturated heterocycles. The van der Waals surface area contributed by atoms with Gasteiger partial charge in [0.25, 0.3) is 0 Å². The predicted octanol–water partition coefficient (Wildman–Crippen LogP) is 0.570. The Balaban J connectivity index is 2.71. The Labute approximate surface area is 116 Å². The number of anilines is 1. The molecule has 0 fully saturated rings. The fraction of sp³-hybridized carbons (Fsp3) is 0.308. The van der Waals surface area contributed by atoms with Crippen LogP contribution in [0, 0.1) is 0 Å². The average Bonchev–Trinajstić information content (AvgIpc) is 2.39. The van der Waals surface area contributed by atoms with Crippen molar-refractivity contribution >= 4 is 23.6 Å². The van der Waals surface area contributed by atoms with Gasteiger partial charge in [0.05, 0.1) is 6.42 Å². The van der Waals surface area contributed by atoms with E-state index in [4.69, 9.17) is 5.11 Å². The summed E-state index contributed by atoms with van der Waals surface area (Å²) in [6.07, 6.45) is -0.193. The second-order valence-electron chi connectivity index (χ2n) is 4.16. The van der Waals surface area contributed by atoms with Crippen LogP contribution in [0.15, 0.2) is 24.3 Å². The lowest BCUT2D eigenvalue weighted by Gasteiger charge is -2.14. The summed E-state index contributed by atoms with van der Waals surface area (Å²) in [5, 5.41) is 16.2. The van der Waals surface area contributed by atoms with E-state index >= 15 is 0 Å². The number of aliphatic carboxylic acids is 1. The highest BCUT2D eigenvalue weighted by atomic mass is 16.4. The first-order chi connectivity index (χ1) is 9.43. The maximum Gasteiger partial charge on any atom is 0.319 e. The summed E-state index contributed by atoms with van der Waals surface area (Å²) < 4.78 is 0. The molecule has 0 heterocycles. The molecule has 0 aliphatic carbocycles. The number of rotatable bonds is 5. The minimum absolute atomic E-state index is 0.193. The first-order valence-electron chi connectivity index (χ1n) is 6.03. The number of carbonyl (C=O) groups is 3. The molecule has 0 aliphatic rings. The molecule has 20 heavy (non-hydrogen) atoms. The third-order valence-electron chi connectivity index (χ3n) is 2.59. The second-order valence-corrected chi connectivity index (χ2v) is 4.16. The monoisotopic (exact) mass is 279 g/mol. The van der Waals surface area contributed by atoms with E-state index in [-0.39, 0.29) is 12.3 Å². The lowest BCUT2D eigenvalue weighted by Crippen LogP contribution is -2.45. The van der Waals surface area contributed by atoms with E-state index < -0.39 is 18.0 Å². The van der Waals surface area contributed by atoms with Crippen LogP contribution in [0.3, 0.4) is 0 Å². The van der Waals surface area contributed by atoms with Crippen LogP contribution < -0.4 is 16.0 Å². The number of amides is 3. The van der Waals surface area contributed by atoms with Crippen LogP contribution in [0.1, 0.15) is 12.5 Å². The smallest absolute Gasteiger partial charge is 0.319 e. The molecule has 0 radical (unpaired) electrons.